The van der Waals surface area contributed by atoms with Crippen molar-refractivity contribution in [2.75, 3.05) is 19.7 Å². The van der Waals surface area contributed by atoms with Crippen molar-refractivity contribution in [3.05, 3.63) is 14.7 Å². The van der Waals surface area contributed by atoms with Crippen LogP contribution >= 0.6 is 27.3 Å². The van der Waals surface area contributed by atoms with Crippen LogP contribution in [0.2, 0.25) is 0 Å². The Morgan fingerprint density at radius 2 is 2.11 bits per heavy atom. The van der Waals surface area contributed by atoms with Crippen molar-refractivity contribution < 1.29 is 13.2 Å². The fraction of sp³-hybridized carbons (Fsp3) is 0.667. The van der Waals surface area contributed by atoms with Gasteiger partial charge in [-0.05, 0) is 48.7 Å². The van der Waals surface area contributed by atoms with Crippen molar-refractivity contribution in [1.29, 1.82) is 0 Å². The van der Waals surface area contributed by atoms with Crippen molar-refractivity contribution in [1.82, 2.24) is 4.31 Å². The smallest absolute Gasteiger partial charge is 0.244 e. The summed E-state index contributed by atoms with van der Waals surface area (Å²) in [6.07, 6.45) is 1.75. The topological polar surface area (TPSA) is 46.6 Å². The number of rotatable bonds is 4. The predicted octanol–water partition coefficient (Wildman–Crippen LogP) is 3.01. The molecule has 108 valence electrons. The number of nitrogens with zero attached hydrogens (tertiary/aromatic N) is 1. The van der Waals surface area contributed by atoms with E-state index in [1.54, 1.807) is 10.4 Å². The lowest BCUT2D eigenvalue weighted by Crippen LogP contribution is -2.40. The molecule has 4 nitrogen and oxygen atoms in total. The van der Waals surface area contributed by atoms with E-state index < -0.39 is 10.0 Å². The summed E-state index contributed by atoms with van der Waals surface area (Å²) in [5.41, 5.74) is 0. The van der Waals surface area contributed by atoms with E-state index in [4.69, 9.17) is 4.74 Å². The van der Waals surface area contributed by atoms with Crippen LogP contribution in [0.4, 0.5) is 0 Å². The first-order chi connectivity index (χ1) is 8.95. The minimum absolute atomic E-state index is 0.201. The Kier molecular flexibility index (Phi) is 5.05. The third-order valence-electron chi connectivity index (χ3n) is 3.26. The Bertz CT molecular complexity index is 533. The highest BCUT2D eigenvalue weighted by atomic mass is 79.9. The lowest BCUT2D eigenvalue weighted by molar-refractivity contribution is 0.0290. The summed E-state index contributed by atoms with van der Waals surface area (Å²) < 4.78 is 33.1. The lowest BCUT2D eigenvalue weighted by atomic mass is 10.1. The van der Waals surface area contributed by atoms with Crippen LogP contribution in [0.1, 0.15) is 24.6 Å². The number of ether oxygens (including phenoxy) is 1. The average molecular weight is 368 g/mol. The summed E-state index contributed by atoms with van der Waals surface area (Å²) in [5, 5.41) is 0. The van der Waals surface area contributed by atoms with Crippen LogP contribution in [-0.2, 0) is 14.8 Å². The van der Waals surface area contributed by atoms with Gasteiger partial charge in [0, 0.05) is 24.6 Å². The highest BCUT2D eigenvalue weighted by Crippen LogP contribution is 2.32. The number of thiophene rings is 1. The Labute approximate surface area is 126 Å². The van der Waals surface area contributed by atoms with Gasteiger partial charge in [-0.15, -0.1) is 11.3 Å². The molecular weight excluding hydrogens is 350 g/mol. The average Bonchev–Trinajstić information content (AvgIpc) is 2.70. The Balaban J connectivity index is 2.12. The van der Waals surface area contributed by atoms with Crippen molar-refractivity contribution in [3.8, 4) is 0 Å². The minimum Gasteiger partial charge on any atom is -0.378 e. The molecule has 1 fully saturated rings. The van der Waals surface area contributed by atoms with Crippen LogP contribution in [0, 0.1) is 6.92 Å². The number of sulfonamides is 1. The molecule has 1 saturated heterocycles. The molecule has 0 spiro atoms. The molecule has 1 aliphatic rings. The standard InChI is InChI=1S/C12H18BrNO3S2/c1-3-17-10-4-6-14(7-5-10)19(15,16)11-8-12(13)18-9(11)2/h8,10H,3-7H2,1-2H3. The van der Waals surface area contributed by atoms with Crippen molar-refractivity contribution >= 4 is 37.3 Å². The van der Waals surface area contributed by atoms with E-state index in [0.29, 0.717) is 24.6 Å². The van der Waals surface area contributed by atoms with Crippen LogP contribution in [0.5, 0.6) is 0 Å². The molecule has 7 heteroatoms. The Morgan fingerprint density at radius 1 is 1.47 bits per heavy atom. The second-order valence-electron chi connectivity index (χ2n) is 4.53. The molecule has 0 unspecified atom stereocenters. The molecule has 0 aromatic carbocycles. The van der Waals surface area contributed by atoms with Gasteiger partial charge in [-0.3, -0.25) is 0 Å². The molecule has 1 aromatic rings. The molecule has 0 aliphatic carbocycles. The summed E-state index contributed by atoms with van der Waals surface area (Å²) in [7, 11) is -3.35. The van der Waals surface area contributed by atoms with Crippen LogP contribution in [-0.4, -0.2) is 38.5 Å². The van der Waals surface area contributed by atoms with Gasteiger partial charge in [-0.25, -0.2) is 8.42 Å². The van der Waals surface area contributed by atoms with Crippen LogP contribution in [0.3, 0.4) is 0 Å². The third kappa shape index (κ3) is 3.39. The highest BCUT2D eigenvalue weighted by Gasteiger charge is 2.31. The lowest BCUT2D eigenvalue weighted by Gasteiger charge is -2.30. The normalized spacial score (nSPS) is 18.9. The number of hydrogen-bond acceptors (Lipinski definition) is 4. The molecule has 0 saturated carbocycles. The Hall–Kier alpha value is 0.0500. The monoisotopic (exact) mass is 367 g/mol. The van der Waals surface area contributed by atoms with E-state index >= 15 is 0 Å². The van der Waals surface area contributed by atoms with Gasteiger partial charge in [0.1, 0.15) is 0 Å². The molecule has 0 bridgehead atoms. The zero-order chi connectivity index (χ0) is 14.0. The fourth-order valence-electron chi connectivity index (χ4n) is 2.30. The summed E-state index contributed by atoms with van der Waals surface area (Å²) in [6, 6.07) is 1.70. The zero-order valence-corrected chi connectivity index (χ0v) is 14.3. The summed E-state index contributed by atoms with van der Waals surface area (Å²) in [5.74, 6) is 0. The van der Waals surface area contributed by atoms with Crippen molar-refractivity contribution in [3.63, 3.8) is 0 Å². The van der Waals surface area contributed by atoms with E-state index in [9.17, 15) is 8.42 Å². The molecule has 1 aromatic heterocycles. The molecule has 0 amide bonds. The molecule has 1 aliphatic heterocycles. The van der Waals surface area contributed by atoms with E-state index in [2.05, 4.69) is 15.9 Å². The number of halogens is 1. The molecule has 2 heterocycles. The highest BCUT2D eigenvalue weighted by molar-refractivity contribution is 9.11. The van der Waals surface area contributed by atoms with Gasteiger partial charge in [-0.2, -0.15) is 4.31 Å². The van der Waals surface area contributed by atoms with Crippen LogP contribution in [0.25, 0.3) is 0 Å². The zero-order valence-electron chi connectivity index (χ0n) is 11.1. The van der Waals surface area contributed by atoms with Crippen molar-refractivity contribution in [2.24, 2.45) is 0 Å². The van der Waals surface area contributed by atoms with Crippen molar-refractivity contribution in [2.45, 2.75) is 37.7 Å². The van der Waals surface area contributed by atoms with E-state index in [-0.39, 0.29) is 6.10 Å². The van der Waals surface area contributed by atoms with Gasteiger partial charge in [0.2, 0.25) is 10.0 Å². The van der Waals surface area contributed by atoms with Gasteiger partial charge in [0.15, 0.2) is 0 Å². The first kappa shape index (κ1) is 15.4. The van der Waals surface area contributed by atoms with E-state index in [1.807, 2.05) is 13.8 Å². The summed E-state index contributed by atoms with van der Waals surface area (Å²) >= 11 is 4.80. The summed E-state index contributed by atoms with van der Waals surface area (Å²) in [4.78, 5) is 1.26. The SMILES string of the molecule is CCOC1CCN(S(=O)(=O)c2cc(Br)sc2C)CC1. The molecule has 0 radical (unpaired) electrons. The molecule has 2 rings (SSSR count). The minimum atomic E-state index is -3.35. The first-order valence-electron chi connectivity index (χ1n) is 6.33. The fourth-order valence-corrected chi connectivity index (χ4v) is 6.15. The van der Waals surface area contributed by atoms with Crippen LogP contribution in [0.15, 0.2) is 14.7 Å². The predicted molar refractivity (Wildman–Crippen MR) is 80.2 cm³/mol. The third-order valence-corrected chi connectivity index (χ3v) is 6.97. The van der Waals surface area contributed by atoms with Gasteiger partial charge < -0.3 is 4.74 Å². The number of aryl methyl sites for hydroxylation is 1. The number of piperidine rings is 1. The number of hydrogen-bond donors (Lipinski definition) is 0. The molecule has 0 atom stereocenters. The molecule has 0 N–H and O–H groups in total. The molecular formula is C12H18BrNO3S2. The first-order valence-corrected chi connectivity index (χ1v) is 9.37. The van der Waals surface area contributed by atoms with Gasteiger partial charge >= 0.3 is 0 Å². The quantitative estimate of drug-likeness (QED) is 0.821. The Morgan fingerprint density at radius 3 is 2.58 bits per heavy atom. The van der Waals surface area contributed by atoms with Gasteiger partial charge in [0.25, 0.3) is 0 Å². The largest absolute Gasteiger partial charge is 0.378 e. The van der Waals surface area contributed by atoms with E-state index in [0.717, 1.165) is 21.5 Å². The van der Waals surface area contributed by atoms with Crippen LogP contribution < -0.4 is 0 Å². The molecule has 19 heavy (non-hydrogen) atoms. The van der Waals surface area contributed by atoms with E-state index in [1.165, 1.54) is 11.3 Å². The maximum absolute atomic E-state index is 12.6. The maximum Gasteiger partial charge on any atom is 0.244 e. The van der Waals surface area contributed by atoms with Gasteiger partial charge in [-0.1, -0.05) is 0 Å². The second-order valence-corrected chi connectivity index (χ2v) is 9.07. The summed E-state index contributed by atoms with van der Waals surface area (Å²) in [6.45, 7) is 5.58. The van der Waals surface area contributed by atoms with Gasteiger partial charge in [0.05, 0.1) is 14.8 Å². The maximum atomic E-state index is 12.6. The second kappa shape index (κ2) is 6.22.